The molecule has 0 aliphatic carbocycles. The molecule has 2 aromatic heterocycles. The molecule has 0 aliphatic rings. The van der Waals surface area contributed by atoms with Crippen molar-refractivity contribution < 1.29 is 34.9 Å². The van der Waals surface area contributed by atoms with E-state index < -0.39 is 35.3 Å². The van der Waals surface area contributed by atoms with Crippen LogP contribution in [0.15, 0.2) is 48.7 Å². The molecule has 4 rings (SSSR count). The van der Waals surface area contributed by atoms with E-state index in [-0.39, 0.29) is 18.1 Å². The Morgan fingerprint density at radius 2 is 1.74 bits per heavy atom. The van der Waals surface area contributed by atoms with Crippen LogP contribution in [0.2, 0.25) is 25.7 Å². The smallest absolute Gasteiger partial charge is 0.376 e. The van der Waals surface area contributed by atoms with E-state index in [0.29, 0.717) is 34.5 Å². The number of nitrogens with zero attached hydrogens (tertiary/aromatic N) is 4. The molecule has 0 saturated carbocycles. The maximum atomic E-state index is 14.7. The van der Waals surface area contributed by atoms with Gasteiger partial charge in [-0.3, -0.25) is 0 Å². The molecule has 0 saturated heterocycles. The van der Waals surface area contributed by atoms with E-state index in [1.165, 1.54) is 24.4 Å². The van der Waals surface area contributed by atoms with Gasteiger partial charge < -0.3 is 8.92 Å². The van der Waals surface area contributed by atoms with Crippen LogP contribution in [0.3, 0.4) is 0 Å². The number of fused-ring (bicyclic) bond motifs is 1. The average Bonchev–Trinajstić information content (AvgIpc) is 3.19. The van der Waals surface area contributed by atoms with Crippen molar-refractivity contribution in [2.45, 2.75) is 44.8 Å². The van der Waals surface area contributed by atoms with E-state index in [1.54, 1.807) is 23.7 Å². The Balaban J connectivity index is 1.74. The number of aryl methyl sites for hydroxylation is 1. The molecule has 8 nitrogen and oxygen atoms in total. The summed E-state index contributed by atoms with van der Waals surface area (Å²) in [6, 6.07) is 10.4. The monoisotopic (exact) mass is 582 g/mol. The van der Waals surface area contributed by atoms with E-state index in [1.807, 2.05) is 0 Å². The van der Waals surface area contributed by atoms with Gasteiger partial charge in [0.1, 0.15) is 35.0 Å². The lowest BCUT2D eigenvalue weighted by molar-refractivity contribution is -0.0500. The fourth-order valence-electron chi connectivity index (χ4n) is 3.66. The van der Waals surface area contributed by atoms with Crippen LogP contribution in [0.25, 0.3) is 33.7 Å². The van der Waals surface area contributed by atoms with Crippen LogP contribution in [0.4, 0.5) is 17.6 Å². The number of alkyl halides is 3. The van der Waals surface area contributed by atoms with E-state index in [2.05, 4.69) is 38.9 Å². The van der Waals surface area contributed by atoms with Gasteiger partial charge in [0, 0.05) is 20.2 Å². The van der Waals surface area contributed by atoms with Crippen LogP contribution in [0.5, 0.6) is 5.75 Å². The summed E-state index contributed by atoms with van der Waals surface area (Å²) in [7, 11) is -7.14. The number of hydrogen-bond acceptors (Lipinski definition) is 7. The third-order valence-corrected chi connectivity index (χ3v) is 8.45. The Kier molecular flexibility index (Phi) is 7.83. The summed E-state index contributed by atoms with van der Waals surface area (Å²) in [6.07, 6.45) is 1.51. The van der Waals surface area contributed by atoms with Crippen LogP contribution in [0.1, 0.15) is 5.56 Å². The van der Waals surface area contributed by atoms with Gasteiger partial charge in [-0.15, -0.1) is 0 Å². The molecule has 2 heterocycles. The minimum atomic E-state index is -5.82. The molecule has 14 heteroatoms. The lowest BCUT2D eigenvalue weighted by Gasteiger charge is -2.15. The second kappa shape index (κ2) is 10.7. The molecule has 0 aliphatic heterocycles. The van der Waals surface area contributed by atoms with E-state index in [9.17, 15) is 26.0 Å². The van der Waals surface area contributed by atoms with Crippen molar-refractivity contribution in [3.63, 3.8) is 0 Å². The maximum absolute atomic E-state index is 14.7. The topological polar surface area (TPSA) is 96.2 Å². The molecular formula is C25H26F4N4O4SSi. The molecule has 0 unspecified atom stereocenters. The van der Waals surface area contributed by atoms with Crippen molar-refractivity contribution in [1.29, 1.82) is 0 Å². The molecule has 208 valence electrons. The fraction of sp³-hybridized carbons (Fsp3) is 0.320. The maximum Gasteiger partial charge on any atom is 0.534 e. The van der Waals surface area contributed by atoms with Crippen LogP contribution in [-0.2, 0) is 21.6 Å². The fourth-order valence-corrected chi connectivity index (χ4v) is 4.88. The summed E-state index contributed by atoms with van der Waals surface area (Å²) in [5, 5.41) is 4.58. The van der Waals surface area contributed by atoms with Crippen molar-refractivity contribution in [1.82, 2.24) is 19.7 Å². The number of hydrogen-bond donors (Lipinski definition) is 0. The van der Waals surface area contributed by atoms with E-state index in [4.69, 9.17) is 4.74 Å². The molecule has 2 aromatic carbocycles. The summed E-state index contributed by atoms with van der Waals surface area (Å²) in [5.74, 6) is -0.882. The molecule has 4 aromatic rings. The van der Waals surface area contributed by atoms with Crippen LogP contribution >= 0.6 is 0 Å². The van der Waals surface area contributed by atoms with Crippen LogP contribution < -0.4 is 4.18 Å². The summed E-state index contributed by atoms with van der Waals surface area (Å²) in [4.78, 5) is 8.94. The van der Waals surface area contributed by atoms with E-state index in [0.717, 1.165) is 18.2 Å². The van der Waals surface area contributed by atoms with Gasteiger partial charge in [-0.05, 0) is 48.9 Å². The molecule has 0 amide bonds. The molecular weight excluding hydrogens is 556 g/mol. The minimum Gasteiger partial charge on any atom is -0.376 e. The van der Waals surface area contributed by atoms with Crippen molar-refractivity contribution >= 4 is 29.2 Å². The first-order valence-electron chi connectivity index (χ1n) is 11.8. The quantitative estimate of drug-likeness (QED) is 0.0768. The zero-order chi connectivity index (χ0) is 28.6. The van der Waals surface area contributed by atoms with Crippen molar-refractivity contribution in [3.8, 4) is 28.4 Å². The van der Waals surface area contributed by atoms with Crippen LogP contribution in [0, 0.1) is 12.7 Å². The Hall–Kier alpha value is -3.36. The zero-order valence-electron chi connectivity index (χ0n) is 21.6. The average molecular weight is 583 g/mol. The Labute approximate surface area is 223 Å². The lowest BCUT2D eigenvalue weighted by Crippen LogP contribution is -2.28. The number of halogens is 4. The summed E-state index contributed by atoms with van der Waals surface area (Å²) in [6.45, 7) is 9.03. The standard InChI is InChI=1S/C25H26F4N4O4SSi/c1-16-6-5-7-19(26)21(16)24-30-14-20-23(31-24)22(32-33(20)15-36-12-13-39(2,3)4)17-8-10-18(11-9-17)37-38(34,35)25(27,28)29/h5-11,14H,12-13,15H2,1-4H3. The molecule has 0 N–H and O–H groups in total. The third-order valence-electron chi connectivity index (χ3n) is 5.77. The number of rotatable bonds is 9. The Morgan fingerprint density at radius 1 is 1.05 bits per heavy atom. The molecule has 0 spiro atoms. The first kappa shape index (κ1) is 28.6. The van der Waals surface area contributed by atoms with Gasteiger partial charge in [0.25, 0.3) is 0 Å². The number of benzene rings is 2. The van der Waals surface area contributed by atoms with Gasteiger partial charge in [0.2, 0.25) is 0 Å². The van der Waals surface area contributed by atoms with Crippen molar-refractivity contribution in [3.05, 3.63) is 60.0 Å². The first-order valence-corrected chi connectivity index (χ1v) is 17.0. The second-order valence-corrected chi connectivity index (χ2v) is 17.2. The predicted molar refractivity (Wildman–Crippen MR) is 141 cm³/mol. The molecule has 39 heavy (non-hydrogen) atoms. The molecule has 0 atom stereocenters. The SMILES string of the molecule is Cc1cccc(F)c1-c1ncc2c(n1)c(-c1ccc(OS(=O)(=O)C(F)(F)F)cc1)nn2COCC[Si](C)(C)C. The third kappa shape index (κ3) is 6.45. The van der Waals surface area contributed by atoms with Gasteiger partial charge in [-0.2, -0.15) is 26.7 Å². The van der Waals surface area contributed by atoms with Crippen LogP contribution in [-0.4, -0.2) is 48.4 Å². The number of aromatic nitrogens is 4. The highest BCUT2D eigenvalue weighted by Gasteiger charge is 2.48. The van der Waals surface area contributed by atoms with Crippen molar-refractivity contribution in [2.75, 3.05) is 6.61 Å². The number of ether oxygens (including phenoxy) is 1. The molecule has 0 bridgehead atoms. The zero-order valence-corrected chi connectivity index (χ0v) is 23.4. The highest BCUT2D eigenvalue weighted by Crippen LogP contribution is 2.32. The van der Waals surface area contributed by atoms with Gasteiger partial charge >= 0.3 is 15.6 Å². The lowest BCUT2D eigenvalue weighted by atomic mass is 10.1. The highest BCUT2D eigenvalue weighted by molar-refractivity contribution is 7.88. The summed E-state index contributed by atoms with van der Waals surface area (Å²) < 4.78 is 87.0. The highest BCUT2D eigenvalue weighted by atomic mass is 32.2. The second-order valence-electron chi connectivity index (χ2n) is 10.1. The van der Waals surface area contributed by atoms with Gasteiger partial charge in [-0.25, -0.2) is 19.0 Å². The molecule has 0 fully saturated rings. The predicted octanol–water partition coefficient (Wildman–Crippen LogP) is 6.15. The Bertz CT molecular complexity index is 1580. The minimum absolute atomic E-state index is 0.0907. The van der Waals surface area contributed by atoms with Crippen molar-refractivity contribution in [2.24, 2.45) is 0 Å². The van der Waals surface area contributed by atoms with Gasteiger partial charge in [-0.1, -0.05) is 31.8 Å². The summed E-state index contributed by atoms with van der Waals surface area (Å²) in [5.41, 5.74) is -3.12. The largest absolute Gasteiger partial charge is 0.534 e. The van der Waals surface area contributed by atoms with Gasteiger partial charge in [0.05, 0.1) is 11.8 Å². The molecule has 0 radical (unpaired) electrons. The normalized spacial score (nSPS) is 12.7. The summed E-state index contributed by atoms with van der Waals surface area (Å²) >= 11 is 0. The van der Waals surface area contributed by atoms with Gasteiger partial charge in [0.15, 0.2) is 5.82 Å². The Morgan fingerprint density at radius 3 is 2.36 bits per heavy atom. The first-order chi connectivity index (χ1) is 18.2. The van der Waals surface area contributed by atoms with E-state index >= 15 is 0 Å².